The second kappa shape index (κ2) is 6.34. The van der Waals surface area contributed by atoms with Crippen molar-refractivity contribution in [1.82, 2.24) is 24.3 Å². The van der Waals surface area contributed by atoms with Gasteiger partial charge in [0.2, 0.25) is 0 Å². The monoisotopic (exact) mass is 371 g/mol. The summed E-state index contributed by atoms with van der Waals surface area (Å²) in [5.74, 6) is 0.480. The van der Waals surface area contributed by atoms with E-state index in [0.717, 1.165) is 56.8 Å². The third-order valence-corrected chi connectivity index (χ3v) is 5.19. The molecular formula is C22H18FN5. The summed E-state index contributed by atoms with van der Waals surface area (Å²) in [5.41, 5.74) is 5.56. The Labute approximate surface area is 160 Å². The van der Waals surface area contributed by atoms with Crippen molar-refractivity contribution in [2.24, 2.45) is 0 Å². The molecule has 5 nitrogen and oxygen atoms in total. The van der Waals surface area contributed by atoms with Gasteiger partial charge in [-0.05, 0) is 56.7 Å². The summed E-state index contributed by atoms with van der Waals surface area (Å²) >= 11 is 0. The van der Waals surface area contributed by atoms with E-state index in [4.69, 9.17) is 4.98 Å². The van der Waals surface area contributed by atoms with E-state index < -0.39 is 0 Å². The molecule has 0 saturated carbocycles. The van der Waals surface area contributed by atoms with Crippen LogP contribution in [-0.4, -0.2) is 24.3 Å². The molecule has 0 N–H and O–H groups in total. The van der Waals surface area contributed by atoms with Gasteiger partial charge in [-0.25, -0.2) is 19.3 Å². The quantitative estimate of drug-likeness (QED) is 0.473. The number of hydrogen-bond donors (Lipinski definition) is 0. The van der Waals surface area contributed by atoms with Crippen LogP contribution in [-0.2, 0) is 12.8 Å². The zero-order chi connectivity index (χ0) is 19.3. The van der Waals surface area contributed by atoms with Crippen molar-refractivity contribution < 1.29 is 4.39 Å². The van der Waals surface area contributed by atoms with Crippen LogP contribution in [0.4, 0.5) is 4.39 Å². The van der Waals surface area contributed by atoms with Crippen LogP contribution >= 0.6 is 0 Å². The molecule has 6 heteroatoms. The lowest BCUT2D eigenvalue weighted by Gasteiger charge is -2.05. The summed E-state index contributed by atoms with van der Waals surface area (Å²) in [7, 11) is 0. The van der Waals surface area contributed by atoms with Crippen molar-refractivity contribution in [2.75, 3.05) is 0 Å². The van der Waals surface area contributed by atoms with Gasteiger partial charge in [0.1, 0.15) is 17.3 Å². The second-order valence-corrected chi connectivity index (χ2v) is 6.98. The van der Waals surface area contributed by atoms with Gasteiger partial charge < -0.3 is 4.40 Å². The number of imidazole rings is 1. The summed E-state index contributed by atoms with van der Waals surface area (Å²) in [6.07, 6.45) is 5.22. The molecule has 138 valence electrons. The molecule has 0 radical (unpaired) electrons. The summed E-state index contributed by atoms with van der Waals surface area (Å²) in [4.78, 5) is 18.5. The predicted octanol–water partition coefficient (Wildman–Crippen LogP) is 4.37. The topological polar surface area (TPSA) is 56.0 Å². The standard InChI is InChI=1S/C22H18FN5/c1-13-17-12-15(23)5-6-20(17)26-21(25-13)8-7-18-14(2)28-11-9-19-16(22(28)27-18)4-3-10-24-19/h3-6,9-12H,7-8H2,1-2H3. The van der Waals surface area contributed by atoms with Crippen LogP contribution in [0.2, 0.25) is 0 Å². The molecule has 0 atom stereocenters. The lowest BCUT2D eigenvalue weighted by molar-refractivity contribution is 0.629. The molecule has 28 heavy (non-hydrogen) atoms. The fraction of sp³-hybridized carbons (Fsp3) is 0.182. The lowest BCUT2D eigenvalue weighted by Crippen LogP contribution is -2.02. The summed E-state index contributed by atoms with van der Waals surface area (Å²) in [6, 6.07) is 10.6. The van der Waals surface area contributed by atoms with Gasteiger partial charge in [0.15, 0.2) is 0 Å². The summed E-state index contributed by atoms with van der Waals surface area (Å²) < 4.78 is 15.6. The molecule has 0 aliphatic rings. The highest BCUT2D eigenvalue weighted by Crippen LogP contribution is 2.22. The molecule has 0 bridgehead atoms. The third-order valence-electron chi connectivity index (χ3n) is 5.19. The van der Waals surface area contributed by atoms with Gasteiger partial charge in [-0.1, -0.05) is 0 Å². The average molecular weight is 371 g/mol. The maximum Gasteiger partial charge on any atom is 0.146 e. The SMILES string of the molecule is Cc1nc(CCc2nc3c4cccnc4ccn3c2C)nc2ccc(F)cc12. The molecule has 0 aliphatic carbocycles. The molecule has 4 heterocycles. The first kappa shape index (κ1) is 16.7. The van der Waals surface area contributed by atoms with E-state index in [1.165, 1.54) is 12.1 Å². The minimum atomic E-state index is -0.269. The molecule has 0 amide bonds. The first-order valence-electron chi connectivity index (χ1n) is 9.24. The second-order valence-electron chi connectivity index (χ2n) is 6.98. The number of rotatable bonds is 3. The van der Waals surface area contributed by atoms with E-state index in [0.29, 0.717) is 6.42 Å². The number of pyridine rings is 2. The van der Waals surface area contributed by atoms with Crippen LogP contribution in [0, 0.1) is 19.7 Å². The van der Waals surface area contributed by atoms with Crippen LogP contribution in [0.25, 0.3) is 27.5 Å². The van der Waals surface area contributed by atoms with Crippen molar-refractivity contribution in [3.8, 4) is 0 Å². The zero-order valence-electron chi connectivity index (χ0n) is 15.6. The van der Waals surface area contributed by atoms with Crippen LogP contribution in [0.3, 0.4) is 0 Å². The van der Waals surface area contributed by atoms with E-state index in [9.17, 15) is 4.39 Å². The Hall–Kier alpha value is -3.41. The number of benzene rings is 1. The van der Waals surface area contributed by atoms with Crippen LogP contribution in [0.1, 0.15) is 22.9 Å². The normalized spacial score (nSPS) is 11.7. The molecule has 0 fully saturated rings. The highest BCUT2D eigenvalue weighted by molar-refractivity contribution is 5.91. The number of aryl methyl sites for hydroxylation is 4. The van der Waals surface area contributed by atoms with Crippen molar-refractivity contribution in [1.29, 1.82) is 0 Å². The highest BCUT2D eigenvalue weighted by Gasteiger charge is 2.13. The molecular weight excluding hydrogens is 353 g/mol. The number of halogens is 1. The van der Waals surface area contributed by atoms with E-state index >= 15 is 0 Å². The predicted molar refractivity (Wildman–Crippen MR) is 107 cm³/mol. The molecule has 0 saturated heterocycles. The van der Waals surface area contributed by atoms with Gasteiger partial charge in [-0.2, -0.15) is 0 Å². The van der Waals surface area contributed by atoms with Crippen LogP contribution < -0.4 is 0 Å². The average Bonchev–Trinajstić information content (AvgIpc) is 3.03. The number of hydrogen-bond acceptors (Lipinski definition) is 4. The Balaban J connectivity index is 1.51. The molecule has 0 spiro atoms. The lowest BCUT2D eigenvalue weighted by atomic mass is 10.1. The maximum absolute atomic E-state index is 13.5. The molecule has 0 unspecified atom stereocenters. The number of nitrogens with zero attached hydrogens (tertiary/aromatic N) is 5. The molecule has 1 aromatic carbocycles. The summed E-state index contributed by atoms with van der Waals surface area (Å²) in [6.45, 7) is 3.97. The van der Waals surface area contributed by atoms with E-state index in [2.05, 4.69) is 26.3 Å². The molecule has 0 aliphatic heterocycles. The van der Waals surface area contributed by atoms with Crippen molar-refractivity contribution >= 4 is 27.5 Å². The number of aromatic nitrogens is 5. The van der Waals surface area contributed by atoms with Gasteiger partial charge in [0.05, 0.1) is 16.7 Å². The Morgan fingerprint density at radius 3 is 2.71 bits per heavy atom. The smallest absolute Gasteiger partial charge is 0.146 e. The van der Waals surface area contributed by atoms with Gasteiger partial charge in [-0.15, -0.1) is 0 Å². The highest BCUT2D eigenvalue weighted by atomic mass is 19.1. The van der Waals surface area contributed by atoms with E-state index in [1.807, 2.05) is 31.3 Å². The van der Waals surface area contributed by atoms with Gasteiger partial charge in [-0.3, -0.25) is 4.98 Å². The maximum atomic E-state index is 13.5. The minimum Gasteiger partial charge on any atom is -0.303 e. The number of fused-ring (bicyclic) bond motifs is 4. The third kappa shape index (κ3) is 2.69. The van der Waals surface area contributed by atoms with Gasteiger partial charge in [0, 0.05) is 41.0 Å². The molecule has 4 aromatic heterocycles. The minimum absolute atomic E-state index is 0.269. The first-order valence-corrected chi connectivity index (χ1v) is 9.24. The van der Waals surface area contributed by atoms with Gasteiger partial charge >= 0.3 is 0 Å². The fourth-order valence-corrected chi connectivity index (χ4v) is 3.71. The van der Waals surface area contributed by atoms with Crippen molar-refractivity contribution in [3.05, 3.63) is 77.5 Å². The largest absolute Gasteiger partial charge is 0.303 e. The Kier molecular flexibility index (Phi) is 3.79. The Morgan fingerprint density at radius 2 is 1.82 bits per heavy atom. The van der Waals surface area contributed by atoms with E-state index in [1.54, 1.807) is 12.3 Å². The zero-order valence-corrected chi connectivity index (χ0v) is 15.6. The summed E-state index contributed by atoms with van der Waals surface area (Å²) in [5, 5.41) is 1.80. The molecule has 5 rings (SSSR count). The fourth-order valence-electron chi connectivity index (χ4n) is 3.71. The van der Waals surface area contributed by atoms with Crippen LogP contribution in [0.5, 0.6) is 0 Å². The van der Waals surface area contributed by atoms with Crippen molar-refractivity contribution in [2.45, 2.75) is 26.7 Å². The van der Waals surface area contributed by atoms with Crippen LogP contribution in [0.15, 0.2) is 48.8 Å². The van der Waals surface area contributed by atoms with E-state index in [-0.39, 0.29) is 5.82 Å². The Bertz CT molecular complexity index is 1360. The van der Waals surface area contributed by atoms with Gasteiger partial charge in [0.25, 0.3) is 0 Å². The molecule has 5 aromatic rings. The first-order chi connectivity index (χ1) is 13.6. The Morgan fingerprint density at radius 1 is 0.929 bits per heavy atom. The van der Waals surface area contributed by atoms with Crippen molar-refractivity contribution in [3.63, 3.8) is 0 Å².